The number of pyridine rings is 2. The first-order valence-corrected chi connectivity index (χ1v) is 17.5. The van der Waals surface area contributed by atoms with E-state index in [1.165, 1.54) is 0 Å². The Labute approximate surface area is 271 Å². The fraction of sp³-hybridized carbons (Fsp3) is 0.595. The summed E-state index contributed by atoms with van der Waals surface area (Å²) in [7, 11) is 1.68. The first-order chi connectivity index (χ1) is 22.4. The van der Waals surface area contributed by atoms with Crippen LogP contribution >= 0.6 is 0 Å². The molecule has 244 valence electrons. The molecule has 46 heavy (non-hydrogen) atoms. The van der Waals surface area contributed by atoms with Gasteiger partial charge in [0.2, 0.25) is 11.8 Å². The Hall–Kier alpha value is -3.75. The maximum atomic E-state index is 14.3. The van der Waals surface area contributed by atoms with Crippen LogP contribution in [0.5, 0.6) is 5.75 Å². The van der Waals surface area contributed by atoms with E-state index in [-0.39, 0.29) is 29.7 Å². The zero-order valence-corrected chi connectivity index (χ0v) is 27.2. The minimum Gasteiger partial charge on any atom is -0.495 e. The molecule has 0 saturated heterocycles. The number of aromatic nitrogens is 3. The maximum Gasteiger partial charge on any atom is 0.231 e. The highest BCUT2D eigenvalue weighted by Crippen LogP contribution is 2.41. The SMILES string of the molecule is COc1ccc(C2CCC(CN(C(=O)C3CCC(NC(=O)C4CCC4)CC3)c3cc(-c4coc(C5CC5)n4)ccn3)CC2)nc1C. The molecule has 9 nitrogen and oxygen atoms in total. The number of hydrogen-bond donors (Lipinski definition) is 1. The molecule has 4 fully saturated rings. The lowest BCUT2D eigenvalue weighted by Gasteiger charge is -2.36. The molecule has 0 aliphatic heterocycles. The predicted octanol–water partition coefficient (Wildman–Crippen LogP) is 7.11. The lowest BCUT2D eigenvalue weighted by Crippen LogP contribution is -2.46. The van der Waals surface area contributed by atoms with Crippen LogP contribution in [-0.2, 0) is 9.59 Å². The molecule has 1 N–H and O–H groups in total. The number of amides is 2. The predicted molar refractivity (Wildman–Crippen MR) is 176 cm³/mol. The summed E-state index contributed by atoms with van der Waals surface area (Å²) in [6, 6.07) is 8.26. The molecular weight excluding hydrogens is 578 g/mol. The number of anilines is 1. The van der Waals surface area contributed by atoms with Crippen LogP contribution in [0.1, 0.15) is 113 Å². The number of oxazole rings is 1. The van der Waals surface area contributed by atoms with Gasteiger partial charge in [0.1, 0.15) is 23.5 Å². The minimum atomic E-state index is -0.0707. The van der Waals surface area contributed by atoms with Crippen molar-refractivity contribution in [3.05, 3.63) is 54.0 Å². The summed E-state index contributed by atoms with van der Waals surface area (Å²) in [6.45, 7) is 2.65. The summed E-state index contributed by atoms with van der Waals surface area (Å²) in [5.74, 6) is 4.05. The Kier molecular flexibility index (Phi) is 9.09. The molecule has 9 heteroatoms. The first kappa shape index (κ1) is 30.9. The van der Waals surface area contributed by atoms with Gasteiger partial charge in [0.25, 0.3) is 0 Å². The lowest BCUT2D eigenvalue weighted by atomic mass is 9.79. The molecular formula is C37H47N5O4. The second-order valence-corrected chi connectivity index (χ2v) is 14.1. The van der Waals surface area contributed by atoms with E-state index in [9.17, 15) is 9.59 Å². The van der Waals surface area contributed by atoms with Crippen molar-refractivity contribution in [2.45, 2.75) is 108 Å². The highest BCUT2D eigenvalue weighted by molar-refractivity contribution is 5.94. The van der Waals surface area contributed by atoms with E-state index in [1.54, 1.807) is 19.6 Å². The number of rotatable bonds is 10. The summed E-state index contributed by atoms with van der Waals surface area (Å²) in [5.41, 5.74) is 3.78. The van der Waals surface area contributed by atoms with Gasteiger partial charge in [-0.3, -0.25) is 19.5 Å². The van der Waals surface area contributed by atoms with Gasteiger partial charge in [0.05, 0.1) is 12.8 Å². The van der Waals surface area contributed by atoms with Crippen LogP contribution < -0.4 is 15.0 Å². The summed E-state index contributed by atoms with van der Waals surface area (Å²) < 4.78 is 11.2. The van der Waals surface area contributed by atoms with Gasteiger partial charge in [-0.05, 0) is 114 Å². The minimum absolute atomic E-state index is 0.0707. The second-order valence-electron chi connectivity index (χ2n) is 14.1. The topological polar surface area (TPSA) is 110 Å². The van der Waals surface area contributed by atoms with E-state index in [0.717, 1.165) is 118 Å². The van der Waals surface area contributed by atoms with Gasteiger partial charge in [-0.2, -0.15) is 0 Å². The first-order valence-electron chi connectivity index (χ1n) is 17.5. The number of carbonyl (C=O) groups excluding carboxylic acids is 2. The van der Waals surface area contributed by atoms with Gasteiger partial charge in [-0.1, -0.05) is 6.42 Å². The molecule has 7 rings (SSSR count). The largest absolute Gasteiger partial charge is 0.495 e. The standard InChI is InChI=1S/C37H47N5O4/c1-23-33(45-2)17-16-31(39-23)25-8-6-24(7-9-25)21-42(34-20-29(18-19-38-34)32-22-46-36(41-32)27-10-11-27)37(44)28-12-14-30(15-13-28)40-35(43)26-4-3-5-26/h16-20,22,24-28,30H,3-15,21H2,1-2H3,(H,40,43). The summed E-state index contributed by atoms with van der Waals surface area (Å²) in [6.07, 6.45) is 16.4. The van der Waals surface area contributed by atoms with E-state index in [2.05, 4.69) is 11.4 Å². The Morgan fingerprint density at radius 1 is 0.913 bits per heavy atom. The fourth-order valence-corrected chi connectivity index (χ4v) is 7.56. The summed E-state index contributed by atoms with van der Waals surface area (Å²) in [5, 5.41) is 3.27. The third kappa shape index (κ3) is 6.83. The molecule has 0 atom stereocenters. The van der Waals surface area contributed by atoms with E-state index in [1.807, 2.05) is 30.0 Å². The number of hydrogen-bond acceptors (Lipinski definition) is 7. The van der Waals surface area contributed by atoms with E-state index in [0.29, 0.717) is 30.1 Å². The second kappa shape index (κ2) is 13.5. The normalized spacial score (nSPS) is 25.0. The van der Waals surface area contributed by atoms with Crippen LogP contribution in [0.15, 0.2) is 41.1 Å². The van der Waals surface area contributed by atoms with E-state index < -0.39 is 0 Å². The average Bonchev–Trinajstić information content (AvgIpc) is 3.79. The lowest BCUT2D eigenvalue weighted by molar-refractivity contribution is -0.128. The van der Waals surface area contributed by atoms with Crippen LogP contribution in [0.25, 0.3) is 11.3 Å². The Bertz CT molecular complexity index is 1530. The highest BCUT2D eigenvalue weighted by atomic mass is 16.5. The van der Waals surface area contributed by atoms with Crippen molar-refractivity contribution in [3.63, 3.8) is 0 Å². The van der Waals surface area contributed by atoms with Crippen LogP contribution in [0.2, 0.25) is 0 Å². The number of carbonyl (C=O) groups is 2. The molecule has 0 spiro atoms. The number of aryl methyl sites for hydroxylation is 1. The highest BCUT2D eigenvalue weighted by Gasteiger charge is 2.35. The molecule has 2 amide bonds. The van der Waals surface area contributed by atoms with Crippen LogP contribution in [0, 0.1) is 24.7 Å². The number of nitrogens with one attached hydrogen (secondary N) is 1. The van der Waals surface area contributed by atoms with Crippen molar-refractivity contribution in [1.29, 1.82) is 0 Å². The molecule has 4 saturated carbocycles. The van der Waals surface area contributed by atoms with Gasteiger partial charge in [0, 0.05) is 53.7 Å². The molecule has 4 aliphatic carbocycles. The Morgan fingerprint density at radius 2 is 1.67 bits per heavy atom. The smallest absolute Gasteiger partial charge is 0.231 e. The van der Waals surface area contributed by atoms with Crippen molar-refractivity contribution >= 4 is 17.6 Å². The van der Waals surface area contributed by atoms with Gasteiger partial charge in [-0.25, -0.2) is 9.97 Å². The molecule has 0 unspecified atom stereocenters. The van der Waals surface area contributed by atoms with Crippen LogP contribution in [0.3, 0.4) is 0 Å². The van der Waals surface area contributed by atoms with Gasteiger partial charge in [-0.15, -0.1) is 0 Å². The van der Waals surface area contributed by atoms with Crippen molar-refractivity contribution in [2.75, 3.05) is 18.6 Å². The molecule has 0 bridgehead atoms. The van der Waals surface area contributed by atoms with Crippen LogP contribution in [-0.4, -0.2) is 46.5 Å². The van der Waals surface area contributed by atoms with Gasteiger partial charge < -0.3 is 14.5 Å². The number of nitrogens with zero attached hydrogens (tertiary/aromatic N) is 4. The zero-order valence-electron chi connectivity index (χ0n) is 27.2. The molecule has 3 aromatic heterocycles. The number of methoxy groups -OCH3 is 1. The Balaban J connectivity index is 1.05. The van der Waals surface area contributed by atoms with Crippen molar-refractivity contribution in [2.24, 2.45) is 17.8 Å². The van der Waals surface area contributed by atoms with Crippen molar-refractivity contribution in [1.82, 2.24) is 20.3 Å². The third-order valence-corrected chi connectivity index (χ3v) is 10.9. The Morgan fingerprint density at radius 3 is 2.35 bits per heavy atom. The average molecular weight is 626 g/mol. The fourth-order valence-electron chi connectivity index (χ4n) is 7.56. The van der Waals surface area contributed by atoms with Crippen molar-refractivity contribution < 1.29 is 18.7 Å². The third-order valence-electron chi connectivity index (χ3n) is 10.9. The zero-order chi connectivity index (χ0) is 31.6. The molecule has 4 aliphatic rings. The quantitative estimate of drug-likeness (QED) is 0.256. The maximum absolute atomic E-state index is 14.3. The molecule has 3 heterocycles. The molecule has 0 aromatic carbocycles. The number of ether oxygens (including phenoxy) is 1. The monoisotopic (exact) mass is 625 g/mol. The molecule has 0 radical (unpaired) electrons. The van der Waals surface area contributed by atoms with Crippen molar-refractivity contribution in [3.8, 4) is 17.0 Å². The van der Waals surface area contributed by atoms with Gasteiger partial charge >= 0.3 is 0 Å². The molecule has 3 aromatic rings. The van der Waals surface area contributed by atoms with Gasteiger partial charge in [0.15, 0.2) is 5.89 Å². The summed E-state index contributed by atoms with van der Waals surface area (Å²) >= 11 is 0. The summed E-state index contributed by atoms with van der Waals surface area (Å²) in [4.78, 5) is 43.2. The van der Waals surface area contributed by atoms with E-state index in [4.69, 9.17) is 24.1 Å². The van der Waals surface area contributed by atoms with Crippen LogP contribution in [0.4, 0.5) is 5.82 Å². The van der Waals surface area contributed by atoms with E-state index >= 15 is 0 Å².